The van der Waals surface area contributed by atoms with Crippen LogP contribution in [0.3, 0.4) is 0 Å². The molecule has 4 rings (SSSR count). The fourth-order valence-electron chi connectivity index (χ4n) is 3.11. The Morgan fingerprint density at radius 2 is 2.09 bits per heavy atom. The number of nitrogens with one attached hydrogen (secondary N) is 4. The van der Waals surface area contributed by atoms with E-state index >= 15 is 0 Å². The molecule has 11 heteroatoms. The third kappa shape index (κ3) is 4.35. The molecule has 162 valence electrons. The minimum Gasteiger partial charge on any atom is -0.389 e. The molecule has 32 heavy (non-hydrogen) atoms. The van der Waals surface area contributed by atoms with Crippen molar-refractivity contribution in [2.24, 2.45) is 10.7 Å². The number of aromatic nitrogens is 3. The molecule has 0 atom stereocenters. The number of amides is 1. The molecule has 1 aromatic carbocycles. The van der Waals surface area contributed by atoms with Crippen LogP contribution in [0.4, 0.5) is 10.1 Å². The molecule has 9 nitrogen and oxygen atoms in total. The van der Waals surface area contributed by atoms with Crippen molar-refractivity contribution < 1.29 is 9.18 Å². The summed E-state index contributed by atoms with van der Waals surface area (Å²) in [6.07, 6.45) is 4.31. The zero-order chi connectivity index (χ0) is 22.7. The first-order valence-corrected chi connectivity index (χ1v) is 9.92. The van der Waals surface area contributed by atoms with E-state index in [4.69, 9.17) is 22.7 Å². The summed E-state index contributed by atoms with van der Waals surface area (Å²) >= 11 is 6.46. The van der Waals surface area contributed by atoms with Gasteiger partial charge in [0, 0.05) is 42.2 Å². The summed E-state index contributed by atoms with van der Waals surface area (Å²) in [4.78, 5) is 20.1. The van der Waals surface area contributed by atoms with Crippen molar-refractivity contribution in [1.82, 2.24) is 25.8 Å². The molecule has 0 radical (unpaired) electrons. The van der Waals surface area contributed by atoms with E-state index in [2.05, 4.69) is 30.8 Å². The zero-order valence-corrected chi connectivity index (χ0v) is 17.4. The molecule has 0 bridgehead atoms. The highest BCUT2D eigenvalue weighted by Gasteiger charge is 2.23. The molecular formula is C21H18ClFN8O. The number of pyridine rings is 1. The Morgan fingerprint density at radius 3 is 2.81 bits per heavy atom. The highest BCUT2D eigenvalue weighted by molar-refractivity contribution is 6.57. The average Bonchev–Trinajstić information content (AvgIpc) is 3.31. The molecule has 1 aliphatic rings. The Morgan fingerprint density at radius 1 is 1.25 bits per heavy atom. The van der Waals surface area contributed by atoms with Crippen molar-refractivity contribution in [2.45, 2.75) is 0 Å². The Bertz CT molecular complexity index is 1240. The summed E-state index contributed by atoms with van der Waals surface area (Å²) in [5.41, 5.74) is 9.25. The molecular weight excluding hydrogens is 435 g/mol. The van der Waals surface area contributed by atoms with Gasteiger partial charge in [-0.2, -0.15) is 5.10 Å². The first-order valence-electron chi connectivity index (χ1n) is 9.55. The first kappa shape index (κ1) is 21.2. The quantitative estimate of drug-likeness (QED) is 0.365. The normalized spacial score (nSPS) is 14.1. The number of hydrogen-bond acceptors (Lipinski definition) is 7. The van der Waals surface area contributed by atoms with Gasteiger partial charge in [-0.3, -0.25) is 15.3 Å². The summed E-state index contributed by atoms with van der Waals surface area (Å²) in [6, 6.07) is 7.77. The summed E-state index contributed by atoms with van der Waals surface area (Å²) in [6.45, 7) is 0.652. The van der Waals surface area contributed by atoms with Gasteiger partial charge in [0.2, 0.25) is 0 Å². The van der Waals surface area contributed by atoms with Gasteiger partial charge in [-0.05, 0) is 30.3 Å². The van der Waals surface area contributed by atoms with Crippen molar-refractivity contribution >= 4 is 40.3 Å². The van der Waals surface area contributed by atoms with E-state index in [0.29, 0.717) is 39.6 Å². The van der Waals surface area contributed by atoms with Crippen molar-refractivity contribution in [2.75, 3.05) is 13.1 Å². The van der Waals surface area contributed by atoms with Gasteiger partial charge in [0.25, 0.3) is 5.91 Å². The monoisotopic (exact) mass is 452 g/mol. The molecule has 0 saturated heterocycles. The number of aromatic amines is 1. The van der Waals surface area contributed by atoms with Crippen molar-refractivity contribution in [3.8, 4) is 11.3 Å². The zero-order valence-electron chi connectivity index (χ0n) is 16.6. The summed E-state index contributed by atoms with van der Waals surface area (Å²) in [5, 5.41) is 21.4. The number of carbonyl (C=O) groups is 1. The van der Waals surface area contributed by atoms with Crippen LogP contribution in [-0.2, 0) is 0 Å². The van der Waals surface area contributed by atoms with Crippen molar-refractivity contribution in [1.29, 1.82) is 5.41 Å². The number of hydrogen-bond donors (Lipinski definition) is 5. The SMILES string of the molecule is N=C1C(N)=Nc2cc(-c3cc[nH]n3)c(Cl)cc2/C1=C/NCCNC(=O)c1ccc(F)cn1. The maximum atomic E-state index is 12.9. The Kier molecular flexibility index (Phi) is 5.95. The van der Waals surface area contributed by atoms with Crippen LogP contribution < -0.4 is 16.4 Å². The fraction of sp³-hybridized carbons (Fsp3) is 0.0952. The van der Waals surface area contributed by atoms with Crippen LogP contribution in [0.2, 0.25) is 5.02 Å². The van der Waals surface area contributed by atoms with Crippen LogP contribution >= 0.6 is 11.6 Å². The van der Waals surface area contributed by atoms with E-state index in [0.717, 1.165) is 6.20 Å². The third-order valence-corrected chi connectivity index (χ3v) is 4.99. The van der Waals surface area contributed by atoms with Gasteiger partial charge in [0.1, 0.15) is 23.1 Å². The number of halogens is 2. The molecule has 0 aliphatic carbocycles. The second-order valence-electron chi connectivity index (χ2n) is 6.81. The molecule has 0 fully saturated rings. The lowest BCUT2D eigenvalue weighted by Gasteiger charge is -2.19. The molecule has 3 aromatic rings. The Labute approximate surface area is 187 Å². The Balaban J connectivity index is 1.46. The van der Waals surface area contributed by atoms with E-state index in [1.807, 2.05) is 0 Å². The van der Waals surface area contributed by atoms with Crippen molar-refractivity contribution in [3.05, 3.63) is 71.0 Å². The third-order valence-electron chi connectivity index (χ3n) is 4.68. The summed E-state index contributed by atoms with van der Waals surface area (Å²) < 4.78 is 12.9. The van der Waals surface area contributed by atoms with Crippen LogP contribution in [0, 0.1) is 11.2 Å². The topological polar surface area (TPSA) is 145 Å². The highest BCUT2D eigenvalue weighted by atomic mass is 35.5. The average molecular weight is 453 g/mol. The van der Waals surface area contributed by atoms with E-state index in [-0.39, 0.29) is 23.8 Å². The van der Waals surface area contributed by atoms with Crippen LogP contribution in [0.5, 0.6) is 0 Å². The van der Waals surface area contributed by atoms with Gasteiger partial charge < -0.3 is 16.4 Å². The molecule has 6 N–H and O–H groups in total. The number of amidine groups is 1. The largest absolute Gasteiger partial charge is 0.389 e. The number of nitrogens with two attached hydrogens (primary N) is 1. The van der Waals surface area contributed by atoms with Gasteiger partial charge in [0.05, 0.1) is 22.6 Å². The lowest BCUT2D eigenvalue weighted by Crippen LogP contribution is -2.31. The smallest absolute Gasteiger partial charge is 0.269 e. The molecule has 0 saturated carbocycles. The van der Waals surface area contributed by atoms with Gasteiger partial charge in [0.15, 0.2) is 0 Å². The fourth-order valence-corrected chi connectivity index (χ4v) is 3.37. The van der Waals surface area contributed by atoms with E-state index in [1.54, 1.807) is 30.6 Å². The number of aliphatic imine (C=N–C) groups is 1. The van der Waals surface area contributed by atoms with E-state index in [1.165, 1.54) is 12.1 Å². The standard InChI is InChI=1S/C21H18ClFN8O/c22-15-7-12-14(10-26-5-6-27-21(32)17-2-1-11(23)9-28-17)19(24)20(25)30-18(12)8-13(15)16-3-4-29-31-16/h1-4,7-10,24,26H,5-6H2,(H2,25,30)(H,27,32)(H,29,31)/b14-10-,24-19?. The predicted octanol–water partition coefficient (Wildman–Crippen LogP) is 2.65. The number of fused-ring (bicyclic) bond motifs is 1. The van der Waals surface area contributed by atoms with Crippen LogP contribution in [0.15, 0.2) is 53.9 Å². The molecule has 3 heterocycles. The van der Waals surface area contributed by atoms with Gasteiger partial charge in [-0.15, -0.1) is 0 Å². The second-order valence-corrected chi connectivity index (χ2v) is 7.22. The number of benzene rings is 1. The molecule has 1 aliphatic heterocycles. The molecule has 0 spiro atoms. The summed E-state index contributed by atoms with van der Waals surface area (Å²) in [7, 11) is 0. The lowest BCUT2D eigenvalue weighted by atomic mass is 9.94. The van der Waals surface area contributed by atoms with Crippen LogP contribution in [0.1, 0.15) is 16.1 Å². The minimum absolute atomic E-state index is 0.0631. The van der Waals surface area contributed by atoms with Crippen LogP contribution in [-0.4, -0.2) is 45.7 Å². The van der Waals surface area contributed by atoms with E-state index < -0.39 is 11.7 Å². The van der Waals surface area contributed by atoms with E-state index in [9.17, 15) is 9.18 Å². The highest BCUT2D eigenvalue weighted by Crippen LogP contribution is 2.38. The van der Waals surface area contributed by atoms with Gasteiger partial charge >= 0.3 is 0 Å². The van der Waals surface area contributed by atoms with Crippen LogP contribution in [0.25, 0.3) is 16.8 Å². The molecule has 2 aromatic heterocycles. The van der Waals surface area contributed by atoms with Gasteiger partial charge in [-0.1, -0.05) is 11.6 Å². The number of nitrogens with zero attached hydrogens (tertiary/aromatic N) is 3. The minimum atomic E-state index is -0.510. The molecule has 1 amide bonds. The summed E-state index contributed by atoms with van der Waals surface area (Å²) in [5.74, 6) is -0.842. The lowest BCUT2D eigenvalue weighted by molar-refractivity contribution is 0.0949. The number of H-pyrrole nitrogens is 1. The Hall–Kier alpha value is -4.05. The van der Waals surface area contributed by atoms with Gasteiger partial charge in [-0.25, -0.2) is 14.4 Å². The maximum absolute atomic E-state index is 12.9. The predicted molar refractivity (Wildman–Crippen MR) is 121 cm³/mol. The second kappa shape index (κ2) is 8.98. The number of rotatable bonds is 6. The first-order chi connectivity index (χ1) is 15.4. The van der Waals surface area contributed by atoms with Crippen molar-refractivity contribution in [3.63, 3.8) is 0 Å². The molecule has 0 unspecified atom stereocenters. The maximum Gasteiger partial charge on any atom is 0.269 e. The number of carbonyl (C=O) groups excluding carboxylic acids is 1.